The summed E-state index contributed by atoms with van der Waals surface area (Å²) < 4.78 is 1.83. The van der Waals surface area contributed by atoms with E-state index >= 15 is 0 Å². The molecule has 6 nitrogen and oxygen atoms in total. The number of hydrogen-bond acceptors (Lipinski definition) is 3. The lowest BCUT2D eigenvalue weighted by Crippen LogP contribution is -2.29. The average Bonchev–Trinajstić information content (AvgIpc) is 2.92. The summed E-state index contributed by atoms with van der Waals surface area (Å²) in [5, 5.41) is 10.2. The Bertz CT molecular complexity index is 900. The first-order chi connectivity index (χ1) is 12.0. The van der Waals surface area contributed by atoms with Crippen molar-refractivity contribution in [3.8, 4) is 5.69 Å². The van der Waals surface area contributed by atoms with Gasteiger partial charge in [0.25, 0.3) is 0 Å². The molecule has 1 aromatic carbocycles. The van der Waals surface area contributed by atoms with Crippen LogP contribution in [0.3, 0.4) is 0 Å². The number of aromatic nitrogens is 3. The van der Waals surface area contributed by atoms with Gasteiger partial charge >= 0.3 is 6.03 Å². The Labute approximate surface area is 146 Å². The predicted molar refractivity (Wildman–Crippen MR) is 97.9 cm³/mol. The Kier molecular flexibility index (Phi) is 4.79. The molecule has 3 aromatic rings. The van der Waals surface area contributed by atoms with Gasteiger partial charge in [0.2, 0.25) is 0 Å². The number of pyridine rings is 1. The van der Waals surface area contributed by atoms with Gasteiger partial charge in [-0.1, -0.05) is 18.2 Å². The SMILES string of the molecule is Cc1cccc(CNC(=O)Nc2ccccc2-n2nc(C)cc2C)n1. The molecule has 0 unspecified atom stereocenters. The summed E-state index contributed by atoms with van der Waals surface area (Å²) in [7, 11) is 0. The highest BCUT2D eigenvalue weighted by atomic mass is 16.2. The number of nitrogens with zero attached hydrogens (tertiary/aromatic N) is 3. The number of anilines is 1. The number of urea groups is 1. The van der Waals surface area contributed by atoms with Gasteiger partial charge in [-0.2, -0.15) is 5.10 Å². The topological polar surface area (TPSA) is 71.8 Å². The maximum atomic E-state index is 12.3. The van der Waals surface area contributed by atoms with Gasteiger partial charge in [-0.05, 0) is 51.1 Å². The third kappa shape index (κ3) is 4.03. The highest BCUT2D eigenvalue weighted by Gasteiger charge is 2.11. The quantitative estimate of drug-likeness (QED) is 0.766. The van der Waals surface area contributed by atoms with Crippen molar-refractivity contribution in [2.75, 3.05) is 5.32 Å². The molecule has 0 saturated heterocycles. The summed E-state index contributed by atoms with van der Waals surface area (Å²) in [6.45, 7) is 6.23. The van der Waals surface area contributed by atoms with Gasteiger partial charge < -0.3 is 10.6 Å². The van der Waals surface area contributed by atoms with Crippen LogP contribution in [-0.4, -0.2) is 20.8 Å². The molecule has 0 fully saturated rings. The normalized spacial score (nSPS) is 10.5. The van der Waals surface area contributed by atoms with Crippen LogP contribution in [0, 0.1) is 20.8 Å². The van der Waals surface area contributed by atoms with Crippen molar-refractivity contribution < 1.29 is 4.79 Å². The fourth-order valence-electron chi connectivity index (χ4n) is 2.67. The lowest BCUT2D eigenvalue weighted by atomic mass is 10.2. The van der Waals surface area contributed by atoms with Gasteiger partial charge in [0, 0.05) is 11.4 Å². The third-order valence-corrected chi connectivity index (χ3v) is 3.77. The van der Waals surface area contributed by atoms with E-state index in [1.54, 1.807) is 0 Å². The Balaban J connectivity index is 1.72. The molecular weight excluding hydrogens is 314 g/mol. The van der Waals surface area contributed by atoms with Crippen LogP contribution < -0.4 is 10.6 Å². The number of rotatable bonds is 4. The second-order valence-corrected chi connectivity index (χ2v) is 5.93. The third-order valence-electron chi connectivity index (χ3n) is 3.77. The monoisotopic (exact) mass is 335 g/mol. The summed E-state index contributed by atoms with van der Waals surface area (Å²) in [5.74, 6) is 0. The van der Waals surface area contributed by atoms with E-state index in [-0.39, 0.29) is 6.03 Å². The molecule has 128 valence electrons. The lowest BCUT2D eigenvalue weighted by molar-refractivity contribution is 0.251. The van der Waals surface area contributed by atoms with Crippen LogP contribution in [0.5, 0.6) is 0 Å². The molecule has 2 heterocycles. The van der Waals surface area contributed by atoms with E-state index in [0.717, 1.165) is 28.5 Å². The molecule has 0 saturated carbocycles. The van der Waals surface area contributed by atoms with E-state index in [2.05, 4.69) is 20.7 Å². The first kappa shape index (κ1) is 16.7. The summed E-state index contributed by atoms with van der Waals surface area (Å²) in [4.78, 5) is 16.6. The van der Waals surface area contributed by atoms with Crippen molar-refractivity contribution in [3.05, 3.63) is 71.3 Å². The van der Waals surface area contributed by atoms with Crippen LogP contribution in [-0.2, 0) is 6.54 Å². The van der Waals surface area contributed by atoms with Crippen LogP contribution in [0.15, 0.2) is 48.5 Å². The zero-order valence-corrected chi connectivity index (χ0v) is 14.6. The maximum absolute atomic E-state index is 12.3. The summed E-state index contributed by atoms with van der Waals surface area (Å²) in [5.41, 5.74) is 5.22. The minimum atomic E-state index is -0.280. The smallest absolute Gasteiger partial charge is 0.319 e. The minimum absolute atomic E-state index is 0.280. The molecular formula is C19H21N5O. The van der Waals surface area contributed by atoms with Gasteiger partial charge in [-0.3, -0.25) is 4.98 Å². The van der Waals surface area contributed by atoms with E-state index in [1.807, 2.05) is 74.0 Å². The molecule has 6 heteroatoms. The number of hydrogen-bond donors (Lipinski definition) is 2. The Morgan fingerprint density at radius 2 is 1.84 bits per heavy atom. The fourth-order valence-corrected chi connectivity index (χ4v) is 2.67. The number of aryl methyl sites for hydroxylation is 3. The van der Waals surface area contributed by atoms with Crippen LogP contribution in [0.2, 0.25) is 0 Å². The molecule has 0 radical (unpaired) electrons. The second-order valence-electron chi connectivity index (χ2n) is 5.93. The van der Waals surface area contributed by atoms with Crippen molar-refractivity contribution in [2.45, 2.75) is 27.3 Å². The first-order valence-electron chi connectivity index (χ1n) is 8.13. The van der Waals surface area contributed by atoms with Crippen LogP contribution in [0.1, 0.15) is 22.8 Å². The molecule has 2 aromatic heterocycles. The number of carbonyl (C=O) groups is 1. The summed E-state index contributed by atoms with van der Waals surface area (Å²) in [6, 6.07) is 15.0. The number of amides is 2. The number of para-hydroxylation sites is 2. The molecule has 0 aliphatic heterocycles. The lowest BCUT2D eigenvalue weighted by Gasteiger charge is -2.13. The van der Waals surface area contributed by atoms with Crippen molar-refractivity contribution >= 4 is 11.7 Å². The second kappa shape index (κ2) is 7.17. The van der Waals surface area contributed by atoms with E-state index in [1.165, 1.54) is 0 Å². The molecule has 0 aliphatic carbocycles. The van der Waals surface area contributed by atoms with Crippen molar-refractivity contribution in [3.63, 3.8) is 0 Å². The van der Waals surface area contributed by atoms with Crippen molar-refractivity contribution in [2.24, 2.45) is 0 Å². The van der Waals surface area contributed by atoms with Gasteiger partial charge in [-0.15, -0.1) is 0 Å². The Morgan fingerprint density at radius 1 is 1.04 bits per heavy atom. The summed E-state index contributed by atoms with van der Waals surface area (Å²) >= 11 is 0. The van der Waals surface area contributed by atoms with Crippen molar-refractivity contribution in [1.82, 2.24) is 20.1 Å². The van der Waals surface area contributed by atoms with Crippen LogP contribution in [0.4, 0.5) is 10.5 Å². The van der Waals surface area contributed by atoms with E-state index in [0.29, 0.717) is 12.2 Å². The van der Waals surface area contributed by atoms with E-state index < -0.39 is 0 Å². The average molecular weight is 335 g/mol. The Morgan fingerprint density at radius 3 is 2.56 bits per heavy atom. The zero-order valence-electron chi connectivity index (χ0n) is 14.6. The molecule has 2 N–H and O–H groups in total. The molecule has 25 heavy (non-hydrogen) atoms. The van der Waals surface area contributed by atoms with Crippen LogP contribution in [0.25, 0.3) is 5.69 Å². The largest absolute Gasteiger partial charge is 0.332 e. The Hall–Kier alpha value is -3.15. The van der Waals surface area contributed by atoms with Crippen LogP contribution >= 0.6 is 0 Å². The molecule has 0 spiro atoms. The van der Waals surface area contributed by atoms with E-state index in [9.17, 15) is 4.79 Å². The minimum Gasteiger partial charge on any atom is -0.332 e. The predicted octanol–water partition coefficient (Wildman–Crippen LogP) is 3.51. The highest BCUT2D eigenvalue weighted by Crippen LogP contribution is 2.21. The standard InChI is InChI=1S/C19H21N5O/c1-13-7-6-8-16(21-13)12-20-19(25)22-17-9-4-5-10-18(17)24-15(3)11-14(2)23-24/h4-11H,12H2,1-3H3,(H2,20,22,25). The van der Waals surface area contributed by atoms with E-state index in [4.69, 9.17) is 0 Å². The highest BCUT2D eigenvalue weighted by molar-refractivity contribution is 5.91. The first-order valence-corrected chi connectivity index (χ1v) is 8.13. The molecule has 0 aliphatic rings. The van der Waals surface area contributed by atoms with Gasteiger partial charge in [0.15, 0.2) is 0 Å². The molecule has 0 bridgehead atoms. The van der Waals surface area contributed by atoms with Crippen molar-refractivity contribution in [1.29, 1.82) is 0 Å². The molecule has 0 atom stereocenters. The van der Waals surface area contributed by atoms with Gasteiger partial charge in [-0.25, -0.2) is 9.48 Å². The molecule has 3 rings (SSSR count). The zero-order chi connectivity index (χ0) is 17.8. The summed E-state index contributed by atoms with van der Waals surface area (Å²) in [6.07, 6.45) is 0. The maximum Gasteiger partial charge on any atom is 0.319 e. The van der Waals surface area contributed by atoms with Gasteiger partial charge in [0.05, 0.1) is 29.3 Å². The fraction of sp³-hybridized carbons (Fsp3) is 0.211. The van der Waals surface area contributed by atoms with Gasteiger partial charge in [0.1, 0.15) is 0 Å². The molecule has 2 amide bonds. The number of carbonyl (C=O) groups excluding carboxylic acids is 1. The number of benzene rings is 1. The number of nitrogens with one attached hydrogen (secondary N) is 2.